The second-order valence-electron chi connectivity index (χ2n) is 8.37. The molecule has 1 fully saturated rings. The fraction of sp³-hybridized carbons (Fsp3) is 0.292. The third-order valence-electron chi connectivity index (χ3n) is 5.58. The second-order valence-corrected chi connectivity index (χ2v) is 10.3. The average Bonchev–Trinajstić information content (AvgIpc) is 2.79. The van der Waals surface area contributed by atoms with Gasteiger partial charge in [-0.2, -0.15) is 4.31 Å². The van der Waals surface area contributed by atoms with Crippen LogP contribution < -0.4 is 10.6 Å². The predicted molar refractivity (Wildman–Crippen MR) is 132 cm³/mol. The van der Waals surface area contributed by atoms with E-state index in [9.17, 15) is 13.2 Å². The Morgan fingerprint density at radius 1 is 0.882 bits per heavy atom. The van der Waals surface area contributed by atoms with Crippen molar-refractivity contribution in [2.75, 3.05) is 43.9 Å². The van der Waals surface area contributed by atoms with Crippen LogP contribution in [-0.2, 0) is 10.0 Å². The number of amides is 1. The van der Waals surface area contributed by atoms with Gasteiger partial charge in [-0.3, -0.25) is 4.79 Å². The van der Waals surface area contributed by atoms with E-state index >= 15 is 0 Å². The Balaban J connectivity index is 1.43. The van der Waals surface area contributed by atoms with Gasteiger partial charge in [0, 0.05) is 54.5 Å². The zero-order valence-corrected chi connectivity index (χ0v) is 20.3. The molecule has 3 aromatic rings. The average molecular weight is 481 g/mol. The Bertz CT molecular complexity index is 1270. The third kappa shape index (κ3) is 5.58. The summed E-state index contributed by atoms with van der Waals surface area (Å²) < 4.78 is 27.3. The van der Waals surface area contributed by atoms with E-state index in [1.54, 1.807) is 30.3 Å². The number of carbonyl (C=O) groups is 1. The molecule has 9 nitrogen and oxygen atoms in total. The van der Waals surface area contributed by atoms with Crippen molar-refractivity contribution in [1.29, 1.82) is 0 Å². The molecule has 0 bridgehead atoms. The van der Waals surface area contributed by atoms with Crippen LogP contribution in [0.4, 0.5) is 17.3 Å². The summed E-state index contributed by atoms with van der Waals surface area (Å²) in [5.41, 5.74) is 3.34. The minimum Gasteiger partial charge on any atom is -0.324 e. The number of sulfonamides is 1. The van der Waals surface area contributed by atoms with Crippen molar-refractivity contribution in [3.63, 3.8) is 0 Å². The Labute approximate surface area is 199 Å². The SMILES string of the molecule is Cc1cc(C)nc(Nc2cccc(C(=O)Nc3ccc(S(=O)(=O)N4CCN(C)CC4)cc3)c2)n1. The molecule has 0 saturated carbocycles. The molecule has 0 atom stereocenters. The topological polar surface area (TPSA) is 108 Å². The molecule has 1 aliphatic rings. The highest BCUT2D eigenvalue weighted by molar-refractivity contribution is 7.89. The van der Waals surface area contributed by atoms with Crippen molar-refractivity contribution >= 4 is 33.3 Å². The van der Waals surface area contributed by atoms with Crippen molar-refractivity contribution in [3.05, 3.63) is 71.5 Å². The maximum Gasteiger partial charge on any atom is 0.255 e. The number of nitrogens with one attached hydrogen (secondary N) is 2. The summed E-state index contributed by atoms with van der Waals surface area (Å²) in [6, 6.07) is 15.2. The van der Waals surface area contributed by atoms with Gasteiger partial charge in [0.05, 0.1) is 4.90 Å². The molecule has 0 spiro atoms. The minimum absolute atomic E-state index is 0.217. The molecular formula is C24H28N6O3S. The molecule has 1 amide bonds. The van der Waals surface area contributed by atoms with Crippen LogP contribution in [0, 0.1) is 13.8 Å². The number of likely N-dealkylation sites (N-methyl/N-ethyl adjacent to an activating group) is 1. The minimum atomic E-state index is -3.55. The number of nitrogens with zero attached hydrogens (tertiary/aromatic N) is 4. The standard InChI is InChI=1S/C24H28N6O3S/c1-17-15-18(2)26-24(25-17)28-21-6-4-5-19(16-21)23(31)27-20-7-9-22(10-8-20)34(32,33)30-13-11-29(3)12-14-30/h4-10,15-16H,11-14H2,1-3H3,(H,27,31)(H,25,26,28). The Morgan fingerprint density at radius 2 is 1.53 bits per heavy atom. The molecular weight excluding hydrogens is 452 g/mol. The van der Waals surface area contributed by atoms with Gasteiger partial charge in [-0.05, 0) is 69.4 Å². The first-order valence-corrected chi connectivity index (χ1v) is 12.4. The highest BCUT2D eigenvalue weighted by Gasteiger charge is 2.27. The number of hydrogen-bond donors (Lipinski definition) is 2. The van der Waals surface area contributed by atoms with Crippen LogP contribution in [0.15, 0.2) is 59.5 Å². The lowest BCUT2D eigenvalue weighted by Crippen LogP contribution is -2.46. The van der Waals surface area contributed by atoms with Crippen LogP contribution in [0.1, 0.15) is 21.7 Å². The monoisotopic (exact) mass is 480 g/mol. The predicted octanol–water partition coefficient (Wildman–Crippen LogP) is 3.03. The lowest BCUT2D eigenvalue weighted by Gasteiger charge is -2.31. The van der Waals surface area contributed by atoms with Crippen LogP contribution in [0.5, 0.6) is 0 Å². The zero-order chi connectivity index (χ0) is 24.3. The molecule has 178 valence electrons. The van der Waals surface area contributed by atoms with E-state index in [-0.39, 0.29) is 10.8 Å². The maximum atomic E-state index is 12.9. The fourth-order valence-corrected chi connectivity index (χ4v) is 5.16. The lowest BCUT2D eigenvalue weighted by atomic mass is 10.2. The summed E-state index contributed by atoms with van der Waals surface area (Å²) >= 11 is 0. The first kappa shape index (κ1) is 23.8. The molecule has 1 saturated heterocycles. The second kappa shape index (κ2) is 9.88. The quantitative estimate of drug-likeness (QED) is 0.558. The van der Waals surface area contributed by atoms with E-state index in [1.165, 1.54) is 16.4 Å². The molecule has 0 unspecified atom stereocenters. The molecule has 4 rings (SSSR count). The zero-order valence-electron chi connectivity index (χ0n) is 19.4. The summed E-state index contributed by atoms with van der Waals surface area (Å²) in [7, 11) is -1.57. The number of anilines is 3. The van der Waals surface area contributed by atoms with E-state index < -0.39 is 10.0 Å². The number of aromatic nitrogens is 2. The molecule has 2 aromatic carbocycles. The number of rotatable bonds is 6. The Morgan fingerprint density at radius 3 is 2.18 bits per heavy atom. The maximum absolute atomic E-state index is 12.9. The van der Waals surface area contributed by atoms with Gasteiger partial charge in [0.1, 0.15) is 0 Å². The molecule has 34 heavy (non-hydrogen) atoms. The van der Waals surface area contributed by atoms with E-state index in [0.29, 0.717) is 49.1 Å². The number of benzene rings is 2. The van der Waals surface area contributed by atoms with Gasteiger partial charge < -0.3 is 15.5 Å². The first-order chi connectivity index (χ1) is 16.2. The Hall–Kier alpha value is -3.34. The van der Waals surface area contributed by atoms with Crippen molar-refractivity contribution < 1.29 is 13.2 Å². The summed E-state index contributed by atoms with van der Waals surface area (Å²) in [6.45, 7) is 6.13. The normalized spacial score (nSPS) is 15.1. The van der Waals surface area contributed by atoms with Crippen molar-refractivity contribution in [2.24, 2.45) is 0 Å². The molecule has 0 aliphatic carbocycles. The molecule has 0 radical (unpaired) electrons. The number of carbonyl (C=O) groups excluding carboxylic acids is 1. The highest BCUT2D eigenvalue weighted by Crippen LogP contribution is 2.21. The largest absolute Gasteiger partial charge is 0.324 e. The van der Waals surface area contributed by atoms with E-state index in [0.717, 1.165) is 11.4 Å². The molecule has 10 heteroatoms. The van der Waals surface area contributed by atoms with Gasteiger partial charge in [-0.1, -0.05) is 6.07 Å². The molecule has 1 aliphatic heterocycles. The van der Waals surface area contributed by atoms with Crippen LogP contribution in [-0.4, -0.2) is 66.7 Å². The smallest absolute Gasteiger partial charge is 0.255 e. The van der Waals surface area contributed by atoms with Crippen molar-refractivity contribution in [3.8, 4) is 0 Å². The molecule has 1 aromatic heterocycles. The van der Waals surface area contributed by atoms with E-state index in [2.05, 4.69) is 25.5 Å². The highest BCUT2D eigenvalue weighted by atomic mass is 32.2. The van der Waals surface area contributed by atoms with Crippen molar-refractivity contribution in [1.82, 2.24) is 19.2 Å². The fourth-order valence-electron chi connectivity index (χ4n) is 3.74. The Kier molecular flexibility index (Phi) is 6.92. The number of hydrogen-bond acceptors (Lipinski definition) is 7. The van der Waals surface area contributed by atoms with Gasteiger partial charge >= 0.3 is 0 Å². The lowest BCUT2D eigenvalue weighted by molar-refractivity contribution is 0.102. The first-order valence-electron chi connectivity index (χ1n) is 11.0. The summed E-state index contributed by atoms with van der Waals surface area (Å²) in [5.74, 6) is 0.159. The van der Waals surface area contributed by atoms with Gasteiger partial charge in [0.15, 0.2) is 0 Å². The van der Waals surface area contributed by atoms with Crippen LogP contribution >= 0.6 is 0 Å². The van der Waals surface area contributed by atoms with Crippen LogP contribution in [0.2, 0.25) is 0 Å². The van der Waals surface area contributed by atoms with Crippen LogP contribution in [0.3, 0.4) is 0 Å². The number of piperazine rings is 1. The number of aryl methyl sites for hydroxylation is 2. The van der Waals surface area contributed by atoms with Gasteiger partial charge in [-0.15, -0.1) is 0 Å². The summed E-state index contributed by atoms with van der Waals surface area (Å²) in [6.07, 6.45) is 0. The van der Waals surface area contributed by atoms with Gasteiger partial charge in [0.25, 0.3) is 5.91 Å². The third-order valence-corrected chi connectivity index (χ3v) is 7.49. The van der Waals surface area contributed by atoms with E-state index in [4.69, 9.17) is 0 Å². The van der Waals surface area contributed by atoms with Crippen molar-refractivity contribution in [2.45, 2.75) is 18.7 Å². The van der Waals surface area contributed by atoms with E-state index in [1.807, 2.05) is 33.0 Å². The summed E-state index contributed by atoms with van der Waals surface area (Å²) in [4.78, 5) is 23.8. The van der Waals surface area contributed by atoms with Gasteiger partial charge in [0.2, 0.25) is 16.0 Å². The molecule has 2 N–H and O–H groups in total. The molecule has 2 heterocycles. The van der Waals surface area contributed by atoms with Crippen LogP contribution in [0.25, 0.3) is 0 Å². The van der Waals surface area contributed by atoms with Gasteiger partial charge in [-0.25, -0.2) is 18.4 Å². The summed E-state index contributed by atoms with van der Waals surface area (Å²) in [5, 5.41) is 5.94.